The molecular weight excluding hydrogens is 416 g/mol. The van der Waals surface area contributed by atoms with Gasteiger partial charge in [-0.05, 0) is 48.6 Å². The minimum absolute atomic E-state index is 0.119. The van der Waals surface area contributed by atoms with Gasteiger partial charge in [-0.1, -0.05) is 68.3 Å². The van der Waals surface area contributed by atoms with Crippen LogP contribution in [0.5, 0.6) is 5.75 Å². The zero-order chi connectivity index (χ0) is 23.1. The number of ether oxygens (including phenoxy) is 1. The minimum atomic E-state index is -1.02. The third kappa shape index (κ3) is 5.39. The largest absolute Gasteiger partial charge is 0.491 e. The van der Waals surface area contributed by atoms with E-state index in [1.165, 1.54) is 18.2 Å². The van der Waals surface area contributed by atoms with Crippen LogP contribution in [0.1, 0.15) is 49.8 Å². The number of halogens is 4. The van der Waals surface area contributed by atoms with E-state index in [0.717, 1.165) is 19.3 Å². The number of unbranched alkanes of at least 4 members (excludes halogenated alkanes) is 2. The SMILES string of the molecule is CCCCCc1ccc(/C=C/c2ccc(-c3ccc(OCC)c(F)c3F)cc2)c(F)c1F. The average Bonchev–Trinajstić information content (AvgIpc) is 2.80. The standard InChI is InChI=1S/C27H26F4O/c1-3-5-6-7-20-14-15-21(25(29)24(20)28)13-10-18-8-11-19(12-9-18)22-16-17-23(32-4-2)27(31)26(22)30/h8-17H,3-7H2,1-2H3/b13-10+. The Morgan fingerprint density at radius 3 is 2.16 bits per heavy atom. The summed E-state index contributed by atoms with van der Waals surface area (Å²) in [6, 6.07) is 12.8. The van der Waals surface area contributed by atoms with Gasteiger partial charge in [-0.2, -0.15) is 4.39 Å². The molecule has 0 fully saturated rings. The molecule has 0 aliphatic rings. The summed E-state index contributed by atoms with van der Waals surface area (Å²) in [5.74, 6) is -3.79. The molecule has 0 aromatic heterocycles. The van der Waals surface area contributed by atoms with E-state index in [0.29, 0.717) is 23.1 Å². The van der Waals surface area contributed by atoms with Crippen LogP contribution in [-0.4, -0.2) is 6.61 Å². The normalized spacial score (nSPS) is 11.3. The average molecular weight is 442 g/mol. The summed E-state index contributed by atoms with van der Waals surface area (Å²) in [4.78, 5) is 0. The quantitative estimate of drug-likeness (QED) is 0.184. The van der Waals surface area contributed by atoms with Crippen molar-refractivity contribution >= 4 is 12.2 Å². The van der Waals surface area contributed by atoms with Crippen molar-refractivity contribution in [3.63, 3.8) is 0 Å². The van der Waals surface area contributed by atoms with E-state index in [9.17, 15) is 17.6 Å². The van der Waals surface area contributed by atoms with Crippen molar-refractivity contribution in [2.24, 2.45) is 0 Å². The molecule has 0 heterocycles. The molecule has 0 aliphatic carbocycles. The van der Waals surface area contributed by atoms with Gasteiger partial charge in [0.2, 0.25) is 5.82 Å². The maximum atomic E-state index is 14.4. The fourth-order valence-corrected chi connectivity index (χ4v) is 3.47. The zero-order valence-corrected chi connectivity index (χ0v) is 18.2. The van der Waals surface area contributed by atoms with Crippen LogP contribution in [0.2, 0.25) is 0 Å². The van der Waals surface area contributed by atoms with Gasteiger partial charge in [0.1, 0.15) is 0 Å². The second kappa shape index (κ2) is 11.0. The van der Waals surface area contributed by atoms with Crippen LogP contribution in [0.25, 0.3) is 23.3 Å². The molecule has 0 N–H and O–H groups in total. The maximum Gasteiger partial charge on any atom is 0.201 e. The van der Waals surface area contributed by atoms with Gasteiger partial charge in [-0.25, -0.2) is 13.2 Å². The van der Waals surface area contributed by atoms with Crippen LogP contribution in [0, 0.1) is 23.3 Å². The first-order valence-corrected chi connectivity index (χ1v) is 10.8. The summed E-state index contributed by atoms with van der Waals surface area (Å²) in [6.45, 7) is 3.99. The molecule has 32 heavy (non-hydrogen) atoms. The van der Waals surface area contributed by atoms with Gasteiger partial charge in [0.15, 0.2) is 23.2 Å². The molecular formula is C27H26F4O. The molecule has 168 valence electrons. The molecule has 0 radical (unpaired) electrons. The Labute approximate surface area is 186 Å². The second-order valence-electron chi connectivity index (χ2n) is 7.53. The summed E-state index contributed by atoms with van der Waals surface area (Å²) in [7, 11) is 0. The Kier molecular flexibility index (Phi) is 8.09. The summed E-state index contributed by atoms with van der Waals surface area (Å²) in [5, 5.41) is 0. The lowest BCUT2D eigenvalue weighted by Crippen LogP contribution is -1.98. The Hall–Kier alpha value is -3.08. The van der Waals surface area contributed by atoms with Crippen molar-refractivity contribution < 1.29 is 22.3 Å². The van der Waals surface area contributed by atoms with E-state index in [-0.39, 0.29) is 23.5 Å². The van der Waals surface area contributed by atoms with E-state index in [2.05, 4.69) is 6.92 Å². The number of aryl methyl sites for hydroxylation is 1. The Balaban J connectivity index is 1.76. The molecule has 3 aromatic carbocycles. The Morgan fingerprint density at radius 2 is 1.47 bits per heavy atom. The highest BCUT2D eigenvalue weighted by atomic mass is 19.2. The van der Waals surface area contributed by atoms with Crippen LogP contribution in [0.4, 0.5) is 17.6 Å². The Morgan fingerprint density at radius 1 is 0.719 bits per heavy atom. The molecule has 0 aliphatic heterocycles. The fraction of sp³-hybridized carbons (Fsp3) is 0.259. The van der Waals surface area contributed by atoms with Gasteiger partial charge >= 0.3 is 0 Å². The molecule has 5 heteroatoms. The molecule has 3 aromatic rings. The molecule has 0 saturated carbocycles. The summed E-state index contributed by atoms with van der Waals surface area (Å²) < 4.78 is 62.3. The van der Waals surface area contributed by atoms with Crippen molar-refractivity contribution in [2.75, 3.05) is 6.61 Å². The van der Waals surface area contributed by atoms with Gasteiger partial charge in [0.25, 0.3) is 0 Å². The highest BCUT2D eigenvalue weighted by Gasteiger charge is 2.15. The molecule has 1 nitrogen and oxygen atoms in total. The number of benzene rings is 3. The molecule has 0 amide bonds. The molecule has 3 rings (SSSR count). The molecule has 0 spiro atoms. The lowest BCUT2D eigenvalue weighted by molar-refractivity contribution is 0.314. The van der Waals surface area contributed by atoms with E-state index in [1.807, 2.05) is 0 Å². The fourth-order valence-electron chi connectivity index (χ4n) is 3.47. The summed E-state index contributed by atoms with van der Waals surface area (Å²) in [5.41, 5.74) is 1.88. The predicted molar refractivity (Wildman–Crippen MR) is 121 cm³/mol. The lowest BCUT2D eigenvalue weighted by Gasteiger charge is -2.09. The van der Waals surface area contributed by atoms with Crippen molar-refractivity contribution in [1.82, 2.24) is 0 Å². The third-order valence-electron chi connectivity index (χ3n) is 5.27. The predicted octanol–water partition coefficient (Wildman–Crippen LogP) is 8.21. The third-order valence-corrected chi connectivity index (χ3v) is 5.27. The van der Waals surface area contributed by atoms with Crippen molar-refractivity contribution in [3.8, 4) is 16.9 Å². The van der Waals surface area contributed by atoms with Crippen LogP contribution in [-0.2, 0) is 6.42 Å². The van der Waals surface area contributed by atoms with Crippen LogP contribution in [0.15, 0.2) is 48.5 Å². The highest BCUT2D eigenvalue weighted by molar-refractivity contribution is 5.73. The van der Waals surface area contributed by atoms with E-state index < -0.39 is 23.3 Å². The first kappa shape index (κ1) is 23.6. The second-order valence-corrected chi connectivity index (χ2v) is 7.53. The first-order valence-electron chi connectivity index (χ1n) is 10.8. The maximum absolute atomic E-state index is 14.4. The summed E-state index contributed by atoms with van der Waals surface area (Å²) in [6.07, 6.45) is 6.49. The van der Waals surface area contributed by atoms with Crippen molar-refractivity contribution in [1.29, 1.82) is 0 Å². The summed E-state index contributed by atoms with van der Waals surface area (Å²) >= 11 is 0. The lowest BCUT2D eigenvalue weighted by atomic mass is 10.0. The van der Waals surface area contributed by atoms with E-state index in [4.69, 9.17) is 4.74 Å². The molecule has 0 unspecified atom stereocenters. The molecule has 0 atom stereocenters. The molecule has 0 bridgehead atoms. The molecule has 0 saturated heterocycles. The Bertz CT molecular complexity index is 1090. The van der Waals surface area contributed by atoms with E-state index in [1.54, 1.807) is 49.4 Å². The first-order chi connectivity index (χ1) is 15.5. The number of hydrogen-bond donors (Lipinski definition) is 0. The van der Waals surface area contributed by atoms with Crippen molar-refractivity contribution in [2.45, 2.75) is 39.5 Å². The smallest absolute Gasteiger partial charge is 0.201 e. The van der Waals surface area contributed by atoms with Crippen LogP contribution >= 0.6 is 0 Å². The highest BCUT2D eigenvalue weighted by Crippen LogP contribution is 2.30. The van der Waals surface area contributed by atoms with Gasteiger partial charge in [0.05, 0.1) is 6.61 Å². The monoisotopic (exact) mass is 442 g/mol. The van der Waals surface area contributed by atoms with E-state index >= 15 is 0 Å². The minimum Gasteiger partial charge on any atom is -0.491 e. The van der Waals surface area contributed by atoms with Crippen LogP contribution in [0.3, 0.4) is 0 Å². The van der Waals surface area contributed by atoms with Crippen molar-refractivity contribution in [3.05, 3.63) is 88.5 Å². The van der Waals surface area contributed by atoms with Gasteiger partial charge in [-0.15, -0.1) is 0 Å². The number of rotatable bonds is 9. The zero-order valence-electron chi connectivity index (χ0n) is 18.2. The van der Waals surface area contributed by atoms with Gasteiger partial charge in [0, 0.05) is 11.1 Å². The van der Waals surface area contributed by atoms with Crippen LogP contribution < -0.4 is 4.74 Å². The van der Waals surface area contributed by atoms with Gasteiger partial charge in [-0.3, -0.25) is 0 Å². The topological polar surface area (TPSA) is 9.23 Å². The van der Waals surface area contributed by atoms with Gasteiger partial charge < -0.3 is 4.74 Å². The number of hydrogen-bond acceptors (Lipinski definition) is 1.